The molecule has 1 aromatic heterocycles. The van der Waals surface area contributed by atoms with Crippen LogP contribution in [0.2, 0.25) is 10.6 Å². The van der Waals surface area contributed by atoms with E-state index in [0.717, 1.165) is 11.8 Å². The minimum Gasteiger partial charge on any atom is -0.381 e. The van der Waals surface area contributed by atoms with E-state index in [0.29, 0.717) is 0 Å². The number of hydrogen-bond acceptors (Lipinski definition) is 0. The number of nitrogens with one attached hydrogen (secondary N) is 1. The third-order valence-electron chi connectivity index (χ3n) is 2.57. The zero-order valence-corrected chi connectivity index (χ0v) is 11.0. The van der Waals surface area contributed by atoms with Crippen LogP contribution >= 0.6 is 0 Å². The van der Waals surface area contributed by atoms with Gasteiger partial charge in [-0.1, -0.05) is 60.7 Å². The predicted octanol–water partition coefficient (Wildman–Crippen LogP) is 3.03. The molecule has 0 radical (unpaired) electrons. The Kier molecular flexibility index (Phi) is 4.78. The molecule has 78 valence electrons. The second-order valence-electron chi connectivity index (χ2n) is 5.08. The second kappa shape index (κ2) is 5.63. The highest BCUT2D eigenvalue weighted by molar-refractivity contribution is 6.72. The molecule has 1 aromatic rings. The molecular formula is C12H22AlN. The van der Waals surface area contributed by atoms with Crippen molar-refractivity contribution in [2.45, 2.75) is 38.3 Å². The molecule has 0 spiro atoms. The van der Waals surface area contributed by atoms with E-state index in [1.54, 1.807) is 4.56 Å². The third kappa shape index (κ3) is 3.90. The lowest BCUT2D eigenvalue weighted by atomic mass is 10.3. The minimum absolute atomic E-state index is 0.715. The van der Waals surface area contributed by atoms with Gasteiger partial charge in [0.2, 0.25) is 0 Å². The Labute approximate surface area is 92.3 Å². The summed E-state index contributed by atoms with van der Waals surface area (Å²) in [5.41, 5.74) is 0. The molecule has 0 aliphatic heterocycles. The molecule has 0 bridgehead atoms. The van der Waals surface area contributed by atoms with Crippen molar-refractivity contribution in [3.05, 3.63) is 18.3 Å². The van der Waals surface area contributed by atoms with Gasteiger partial charge in [-0.2, -0.15) is 0 Å². The molecule has 1 rings (SSSR count). The van der Waals surface area contributed by atoms with Crippen LogP contribution in [-0.2, 0) is 0 Å². The van der Waals surface area contributed by atoms with Crippen molar-refractivity contribution in [2.75, 3.05) is 0 Å². The first-order valence-corrected chi connectivity index (χ1v) is 7.94. The van der Waals surface area contributed by atoms with Gasteiger partial charge in [0.1, 0.15) is 0 Å². The van der Waals surface area contributed by atoms with Crippen molar-refractivity contribution in [2.24, 2.45) is 11.8 Å². The van der Waals surface area contributed by atoms with Crippen LogP contribution in [0.25, 0.3) is 0 Å². The Morgan fingerprint density at radius 3 is 2.07 bits per heavy atom. The van der Waals surface area contributed by atoms with Gasteiger partial charge in [0.15, 0.2) is 0 Å². The zero-order valence-electron chi connectivity index (χ0n) is 9.88. The summed E-state index contributed by atoms with van der Waals surface area (Å²) in [5, 5.41) is 2.86. The Morgan fingerprint density at radius 1 is 1.14 bits per heavy atom. The summed E-state index contributed by atoms with van der Waals surface area (Å²) in [7, 11) is 0. The summed E-state index contributed by atoms with van der Waals surface area (Å²) in [6, 6.07) is 4.41. The summed E-state index contributed by atoms with van der Waals surface area (Å²) in [6.45, 7) is 9.35. The summed E-state index contributed by atoms with van der Waals surface area (Å²) in [4.78, 5) is 3.41. The quantitative estimate of drug-likeness (QED) is 0.714. The van der Waals surface area contributed by atoms with Crippen LogP contribution in [0.5, 0.6) is 0 Å². The van der Waals surface area contributed by atoms with Crippen molar-refractivity contribution < 1.29 is 0 Å². The number of H-pyrrole nitrogens is 1. The molecule has 0 saturated heterocycles. The zero-order chi connectivity index (χ0) is 10.6. The van der Waals surface area contributed by atoms with E-state index in [9.17, 15) is 0 Å². The topological polar surface area (TPSA) is 15.8 Å². The molecule has 0 amide bonds. The highest BCUT2D eigenvalue weighted by atomic mass is 27.2. The number of aromatic amines is 1. The first kappa shape index (κ1) is 11.9. The smallest absolute Gasteiger partial charge is 0.333 e. The van der Waals surface area contributed by atoms with Crippen LogP contribution < -0.4 is 4.56 Å². The SMILES string of the molecule is CC(C)[CH2][Al]([CH2]C(C)C)[c]1ccc[nH]1. The standard InChI is InChI=1S/C4H4N.2C4H9.Al/c1-2-4-5-3-1;2*1-4(2)3;/h1-3,5H;2*4H,1H2,2-3H3;. The maximum absolute atomic E-state index is 3.41. The van der Waals surface area contributed by atoms with Crippen molar-refractivity contribution >= 4 is 18.7 Å². The van der Waals surface area contributed by atoms with Crippen LogP contribution in [0.15, 0.2) is 18.3 Å². The summed E-state index contributed by atoms with van der Waals surface area (Å²) >= 11 is -0.715. The van der Waals surface area contributed by atoms with E-state index < -0.39 is 14.1 Å². The van der Waals surface area contributed by atoms with Gasteiger partial charge < -0.3 is 4.98 Å². The Bertz CT molecular complexity index is 229. The third-order valence-corrected chi connectivity index (χ3v) is 6.84. The molecular weight excluding hydrogens is 185 g/mol. The fraction of sp³-hybridized carbons (Fsp3) is 0.667. The van der Waals surface area contributed by atoms with E-state index in [1.807, 2.05) is 0 Å². The van der Waals surface area contributed by atoms with E-state index in [2.05, 4.69) is 51.0 Å². The average molecular weight is 207 g/mol. The lowest BCUT2D eigenvalue weighted by Crippen LogP contribution is -2.33. The lowest BCUT2D eigenvalue weighted by Gasteiger charge is -2.14. The lowest BCUT2D eigenvalue weighted by molar-refractivity contribution is 0.694. The first-order chi connectivity index (χ1) is 6.59. The summed E-state index contributed by atoms with van der Waals surface area (Å²) in [6.07, 6.45) is 2.07. The van der Waals surface area contributed by atoms with Crippen molar-refractivity contribution in [3.8, 4) is 0 Å². The van der Waals surface area contributed by atoms with Gasteiger partial charge >= 0.3 is 14.1 Å². The highest BCUT2D eigenvalue weighted by Gasteiger charge is 2.22. The largest absolute Gasteiger partial charge is 0.381 e. The Balaban J connectivity index is 2.62. The molecule has 2 heteroatoms. The summed E-state index contributed by atoms with van der Waals surface area (Å²) < 4.78 is 1.55. The molecule has 0 fully saturated rings. The van der Waals surface area contributed by atoms with E-state index in [4.69, 9.17) is 0 Å². The fourth-order valence-corrected chi connectivity index (χ4v) is 5.78. The van der Waals surface area contributed by atoms with Gasteiger partial charge in [0.25, 0.3) is 0 Å². The molecule has 0 atom stereocenters. The van der Waals surface area contributed by atoms with Gasteiger partial charge in [-0.05, 0) is 12.3 Å². The molecule has 1 nitrogen and oxygen atoms in total. The van der Waals surface area contributed by atoms with Crippen LogP contribution in [0.4, 0.5) is 0 Å². The molecule has 1 N–H and O–H groups in total. The first-order valence-electron chi connectivity index (χ1n) is 5.73. The van der Waals surface area contributed by atoms with Gasteiger partial charge in [0.05, 0.1) is 0 Å². The normalized spacial score (nSPS) is 11.3. The maximum Gasteiger partial charge on any atom is 0.333 e. The van der Waals surface area contributed by atoms with E-state index >= 15 is 0 Å². The molecule has 1 heterocycles. The Morgan fingerprint density at radius 2 is 1.71 bits per heavy atom. The predicted molar refractivity (Wildman–Crippen MR) is 65.5 cm³/mol. The molecule has 14 heavy (non-hydrogen) atoms. The van der Waals surface area contributed by atoms with E-state index in [1.165, 1.54) is 10.6 Å². The second-order valence-corrected chi connectivity index (χ2v) is 8.04. The van der Waals surface area contributed by atoms with Crippen LogP contribution in [0.3, 0.4) is 0 Å². The number of rotatable bonds is 5. The van der Waals surface area contributed by atoms with Crippen LogP contribution in [0, 0.1) is 11.8 Å². The van der Waals surface area contributed by atoms with Crippen molar-refractivity contribution in [1.82, 2.24) is 4.98 Å². The molecule has 0 aromatic carbocycles. The number of hydrogen-bond donors (Lipinski definition) is 1. The average Bonchev–Trinajstić information content (AvgIpc) is 2.52. The minimum atomic E-state index is -0.715. The monoisotopic (exact) mass is 207 g/mol. The van der Waals surface area contributed by atoms with Gasteiger partial charge in [0, 0.05) is 0 Å². The molecule has 0 aliphatic rings. The van der Waals surface area contributed by atoms with Crippen LogP contribution in [-0.4, -0.2) is 19.1 Å². The number of aromatic nitrogens is 1. The van der Waals surface area contributed by atoms with Gasteiger partial charge in [-0.25, -0.2) is 0 Å². The fourth-order valence-electron chi connectivity index (χ4n) is 2.09. The molecule has 0 saturated carbocycles. The Hall–Kier alpha value is -0.188. The van der Waals surface area contributed by atoms with Crippen molar-refractivity contribution in [3.63, 3.8) is 0 Å². The van der Waals surface area contributed by atoms with Gasteiger partial charge in [-0.15, -0.1) is 0 Å². The highest BCUT2D eigenvalue weighted by Crippen LogP contribution is 2.13. The van der Waals surface area contributed by atoms with Gasteiger partial charge in [-0.3, -0.25) is 0 Å². The summed E-state index contributed by atoms with van der Waals surface area (Å²) in [5.74, 6) is 1.68. The maximum atomic E-state index is 3.41. The molecule has 0 aliphatic carbocycles. The van der Waals surface area contributed by atoms with Crippen molar-refractivity contribution in [1.29, 1.82) is 0 Å². The van der Waals surface area contributed by atoms with Crippen LogP contribution in [0.1, 0.15) is 27.7 Å². The van der Waals surface area contributed by atoms with E-state index in [-0.39, 0.29) is 0 Å². The molecule has 0 unspecified atom stereocenters.